The topological polar surface area (TPSA) is 32.3 Å². The van der Waals surface area contributed by atoms with Gasteiger partial charge in [-0.25, -0.2) is 0 Å². The van der Waals surface area contributed by atoms with Crippen LogP contribution in [0.25, 0.3) is 0 Å². The molecule has 0 radical (unpaired) electrons. The minimum absolute atomic E-state index is 0.00740. The van der Waals surface area contributed by atoms with Crippen LogP contribution in [0.1, 0.15) is 29.9 Å². The Kier molecular flexibility index (Phi) is 7.00. The molecule has 1 rings (SSSR count). The Labute approximate surface area is 136 Å². The molecule has 1 N–H and O–H groups in total. The quantitative estimate of drug-likeness (QED) is 0.767. The summed E-state index contributed by atoms with van der Waals surface area (Å²) in [4.78, 5) is 15.0. The first kappa shape index (κ1) is 17.1. The maximum atomic E-state index is 12.1. The molecular formula is C13H20Br2N2OS. The number of carbonyl (C=O) groups excluding carboxylic acids is 1. The van der Waals surface area contributed by atoms with E-state index in [0.717, 1.165) is 19.6 Å². The van der Waals surface area contributed by atoms with Crippen LogP contribution in [-0.4, -0.2) is 37.5 Å². The molecule has 0 bridgehead atoms. The van der Waals surface area contributed by atoms with Crippen LogP contribution in [-0.2, 0) is 0 Å². The Morgan fingerprint density at radius 3 is 2.47 bits per heavy atom. The summed E-state index contributed by atoms with van der Waals surface area (Å²) >= 11 is 8.24. The second kappa shape index (κ2) is 7.76. The Hall–Kier alpha value is 0.0900. The van der Waals surface area contributed by atoms with Gasteiger partial charge in [0, 0.05) is 17.1 Å². The van der Waals surface area contributed by atoms with E-state index in [1.807, 2.05) is 6.07 Å². The highest BCUT2D eigenvalue weighted by atomic mass is 79.9. The second-order valence-electron chi connectivity index (χ2n) is 5.19. The summed E-state index contributed by atoms with van der Waals surface area (Å²) < 4.78 is 1.87. The molecule has 0 aliphatic rings. The van der Waals surface area contributed by atoms with E-state index in [1.54, 1.807) is 0 Å². The molecule has 0 fully saturated rings. The number of nitrogens with one attached hydrogen (secondary N) is 1. The predicted molar refractivity (Wildman–Crippen MR) is 89.0 cm³/mol. The normalized spacial score (nSPS) is 13.1. The number of carbonyl (C=O) groups is 1. The van der Waals surface area contributed by atoms with Gasteiger partial charge in [-0.2, -0.15) is 0 Å². The van der Waals surface area contributed by atoms with E-state index < -0.39 is 0 Å². The molecule has 6 heteroatoms. The molecule has 3 nitrogen and oxygen atoms in total. The van der Waals surface area contributed by atoms with E-state index in [0.29, 0.717) is 18.5 Å². The van der Waals surface area contributed by atoms with E-state index in [-0.39, 0.29) is 5.91 Å². The van der Waals surface area contributed by atoms with Crippen LogP contribution in [0, 0.1) is 5.92 Å². The van der Waals surface area contributed by atoms with Crippen molar-refractivity contribution in [2.75, 3.05) is 20.6 Å². The fourth-order valence-corrected chi connectivity index (χ4v) is 3.73. The fourth-order valence-electron chi connectivity index (χ4n) is 1.78. The lowest BCUT2D eigenvalue weighted by atomic mass is 10.0. The summed E-state index contributed by atoms with van der Waals surface area (Å²) in [5.41, 5.74) is 0. The maximum Gasteiger partial charge on any atom is 0.261 e. The zero-order chi connectivity index (χ0) is 14.6. The Morgan fingerprint density at radius 1 is 1.42 bits per heavy atom. The molecule has 0 aromatic carbocycles. The summed E-state index contributed by atoms with van der Waals surface area (Å²) in [7, 11) is 4.11. The lowest BCUT2D eigenvalue weighted by Gasteiger charge is -2.26. The number of amides is 1. The number of hydrogen-bond acceptors (Lipinski definition) is 3. The minimum atomic E-state index is -0.00740. The van der Waals surface area contributed by atoms with Gasteiger partial charge in [0.25, 0.3) is 5.91 Å². The van der Waals surface area contributed by atoms with Crippen LogP contribution in [0.4, 0.5) is 0 Å². The zero-order valence-corrected chi connectivity index (χ0v) is 15.7. The third kappa shape index (κ3) is 5.53. The number of rotatable bonds is 6. The molecule has 19 heavy (non-hydrogen) atoms. The molecule has 0 saturated carbocycles. The van der Waals surface area contributed by atoms with Gasteiger partial charge in [0.2, 0.25) is 0 Å². The van der Waals surface area contributed by atoms with Gasteiger partial charge >= 0.3 is 0 Å². The lowest BCUT2D eigenvalue weighted by Crippen LogP contribution is -2.40. The molecule has 0 aliphatic heterocycles. The first-order chi connectivity index (χ1) is 8.81. The van der Waals surface area contributed by atoms with Crippen LogP contribution in [0.5, 0.6) is 0 Å². The largest absolute Gasteiger partial charge is 0.350 e. The molecule has 0 saturated heterocycles. The Bertz CT molecular complexity index is 413. The Balaban J connectivity index is 2.56. The molecule has 1 aromatic heterocycles. The monoisotopic (exact) mass is 410 g/mol. The van der Waals surface area contributed by atoms with Crippen molar-refractivity contribution in [3.63, 3.8) is 0 Å². The highest BCUT2D eigenvalue weighted by Crippen LogP contribution is 2.32. The van der Waals surface area contributed by atoms with Crippen LogP contribution >= 0.6 is 43.2 Å². The van der Waals surface area contributed by atoms with E-state index in [1.165, 1.54) is 11.3 Å². The van der Waals surface area contributed by atoms with E-state index in [9.17, 15) is 4.79 Å². The third-order valence-corrected chi connectivity index (χ3v) is 6.10. The van der Waals surface area contributed by atoms with Crippen molar-refractivity contribution in [1.82, 2.24) is 10.2 Å². The van der Waals surface area contributed by atoms with Gasteiger partial charge in [-0.05, 0) is 64.4 Å². The van der Waals surface area contributed by atoms with Crippen molar-refractivity contribution in [1.29, 1.82) is 0 Å². The van der Waals surface area contributed by atoms with Crippen molar-refractivity contribution in [2.45, 2.75) is 26.3 Å². The second-order valence-corrected chi connectivity index (χ2v) is 8.41. The van der Waals surface area contributed by atoms with Gasteiger partial charge in [0.1, 0.15) is 0 Å². The summed E-state index contributed by atoms with van der Waals surface area (Å²) in [6.45, 7) is 5.08. The summed E-state index contributed by atoms with van der Waals surface area (Å²) in [6, 6.07) is 2.22. The van der Waals surface area contributed by atoms with Crippen molar-refractivity contribution >= 4 is 49.1 Å². The molecule has 108 valence electrons. The highest BCUT2D eigenvalue weighted by molar-refractivity contribution is 9.13. The van der Waals surface area contributed by atoms with Gasteiger partial charge < -0.3 is 10.2 Å². The summed E-state index contributed by atoms with van der Waals surface area (Å²) in [5, 5.41) is 3.01. The van der Waals surface area contributed by atoms with Crippen LogP contribution < -0.4 is 5.32 Å². The zero-order valence-electron chi connectivity index (χ0n) is 11.7. The number of halogens is 2. The van der Waals surface area contributed by atoms with Crippen LogP contribution in [0.3, 0.4) is 0 Å². The van der Waals surface area contributed by atoms with E-state index in [4.69, 9.17) is 0 Å². The summed E-state index contributed by atoms with van der Waals surface area (Å²) in [6.07, 6.45) is 1.07. The van der Waals surface area contributed by atoms with E-state index >= 15 is 0 Å². The van der Waals surface area contributed by atoms with Gasteiger partial charge in [-0.15, -0.1) is 11.3 Å². The number of hydrogen-bond donors (Lipinski definition) is 1. The average Bonchev–Trinajstić information content (AvgIpc) is 2.64. The maximum absolute atomic E-state index is 12.1. The van der Waals surface area contributed by atoms with Gasteiger partial charge in [-0.1, -0.05) is 13.8 Å². The van der Waals surface area contributed by atoms with Gasteiger partial charge in [-0.3, -0.25) is 4.79 Å². The van der Waals surface area contributed by atoms with Crippen LogP contribution in [0.2, 0.25) is 0 Å². The predicted octanol–water partition coefficient (Wildman–Crippen LogP) is 3.98. The molecule has 0 spiro atoms. The standard InChI is InChI=1S/C13H20Br2N2OS/c1-8(2)5-9(17(3)4)7-16-13(18)11-6-10(14)12(15)19-11/h6,8-9H,5,7H2,1-4H3,(H,16,18). The molecule has 1 amide bonds. The van der Waals surface area contributed by atoms with Gasteiger partial charge in [0.15, 0.2) is 0 Å². The molecule has 1 unspecified atom stereocenters. The Morgan fingerprint density at radius 2 is 2.05 bits per heavy atom. The molecule has 1 heterocycles. The van der Waals surface area contributed by atoms with Crippen molar-refractivity contribution in [2.24, 2.45) is 5.92 Å². The molecule has 0 aliphatic carbocycles. The summed E-state index contributed by atoms with van der Waals surface area (Å²) in [5.74, 6) is 0.612. The van der Waals surface area contributed by atoms with Crippen molar-refractivity contribution < 1.29 is 4.79 Å². The molecule has 1 atom stereocenters. The molecular weight excluding hydrogens is 392 g/mol. The van der Waals surface area contributed by atoms with Crippen molar-refractivity contribution in [3.05, 3.63) is 19.2 Å². The number of likely N-dealkylation sites (N-methyl/N-ethyl adjacent to an activating group) is 1. The van der Waals surface area contributed by atoms with Gasteiger partial charge in [0.05, 0.1) is 8.66 Å². The SMILES string of the molecule is CC(C)CC(CNC(=O)c1cc(Br)c(Br)s1)N(C)C. The average molecular weight is 412 g/mol. The van der Waals surface area contributed by atoms with E-state index in [2.05, 4.69) is 70.0 Å². The van der Waals surface area contributed by atoms with Crippen LogP contribution in [0.15, 0.2) is 14.3 Å². The number of nitrogens with zero attached hydrogens (tertiary/aromatic N) is 1. The first-order valence-electron chi connectivity index (χ1n) is 6.20. The lowest BCUT2D eigenvalue weighted by molar-refractivity contribution is 0.0942. The molecule has 1 aromatic rings. The van der Waals surface area contributed by atoms with Crippen molar-refractivity contribution in [3.8, 4) is 0 Å². The first-order valence-corrected chi connectivity index (χ1v) is 8.61. The third-order valence-electron chi connectivity index (χ3n) is 2.84. The highest BCUT2D eigenvalue weighted by Gasteiger charge is 2.16. The number of thiophene rings is 1. The minimum Gasteiger partial charge on any atom is -0.350 e. The fraction of sp³-hybridized carbons (Fsp3) is 0.615. The smallest absolute Gasteiger partial charge is 0.261 e.